The third-order valence-electron chi connectivity index (χ3n) is 1.91. The number of pyridine rings is 1. The number of anilines is 1. The van der Waals surface area contributed by atoms with Gasteiger partial charge in [-0.05, 0) is 18.2 Å². The Bertz CT molecular complexity index is 455. The summed E-state index contributed by atoms with van der Waals surface area (Å²) < 4.78 is 2.01. The summed E-state index contributed by atoms with van der Waals surface area (Å²) in [5, 5.41) is 0. The van der Waals surface area contributed by atoms with E-state index in [0.29, 0.717) is 11.6 Å². The summed E-state index contributed by atoms with van der Waals surface area (Å²) in [6, 6.07) is 14.4. The number of hydrazine groups is 1. The fraction of sp³-hybridized carbons (Fsp3) is 0. The van der Waals surface area contributed by atoms with Gasteiger partial charge in [-0.15, -0.1) is 0 Å². The van der Waals surface area contributed by atoms with Gasteiger partial charge in [0.1, 0.15) is 0 Å². The van der Waals surface area contributed by atoms with E-state index < -0.39 is 0 Å². The maximum Gasteiger partial charge on any atom is 0.242 e. The first-order valence-electron chi connectivity index (χ1n) is 4.83. The molecule has 0 bridgehead atoms. The van der Waals surface area contributed by atoms with Gasteiger partial charge >= 0.3 is 0 Å². The molecule has 6 heteroatoms. The van der Waals surface area contributed by atoms with Crippen LogP contribution in [0, 0.1) is 0 Å². The van der Waals surface area contributed by atoms with Crippen LogP contribution in [0.25, 0.3) is 0 Å². The third-order valence-corrected chi connectivity index (χ3v) is 2.54. The molecule has 0 fully saturated rings. The van der Waals surface area contributed by atoms with E-state index in [1.54, 1.807) is 36.5 Å². The molecular weight excluding hydrogens is 261 g/mol. The molecule has 1 heterocycles. The van der Waals surface area contributed by atoms with Gasteiger partial charge in [-0.2, -0.15) is 4.53 Å². The molecule has 0 N–H and O–H groups in total. The molecule has 0 unspecified atom stereocenters. The first-order valence-corrected chi connectivity index (χ1v) is 5.51. The summed E-state index contributed by atoms with van der Waals surface area (Å²) in [7, 11) is 0. The summed E-state index contributed by atoms with van der Waals surface area (Å²) >= 11 is 11.8. The first kappa shape index (κ1) is 12.0. The first-order chi connectivity index (χ1) is 8.27. The van der Waals surface area contributed by atoms with Gasteiger partial charge in [-0.3, -0.25) is 0 Å². The average molecular weight is 270 g/mol. The topological polar surface area (TPSA) is 28.6 Å². The Kier molecular flexibility index (Phi) is 4.03. The fourth-order valence-electron chi connectivity index (χ4n) is 1.16. The Morgan fingerprint density at radius 3 is 2.29 bits per heavy atom. The van der Waals surface area contributed by atoms with Crippen molar-refractivity contribution in [2.75, 3.05) is 4.53 Å². The van der Waals surface area contributed by atoms with Crippen LogP contribution in [0.3, 0.4) is 0 Å². The number of hydrogen-bond acceptors (Lipinski definition) is 4. The highest BCUT2D eigenvalue weighted by atomic mass is 35.5. The van der Waals surface area contributed by atoms with Gasteiger partial charge < -0.3 is 4.84 Å². The fourth-order valence-corrected chi connectivity index (χ4v) is 1.46. The molecule has 17 heavy (non-hydrogen) atoms. The number of halogens is 2. The zero-order valence-electron chi connectivity index (χ0n) is 8.70. The lowest BCUT2D eigenvalue weighted by Gasteiger charge is -2.22. The number of rotatable bonds is 4. The highest BCUT2D eigenvalue weighted by molar-refractivity contribution is 6.28. The molecule has 0 aliphatic rings. The third kappa shape index (κ3) is 3.23. The summed E-state index contributed by atoms with van der Waals surface area (Å²) in [5.74, 6) is 0.351. The minimum absolute atomic E-state index is 0.351. The highest BCUT2D eigenvalue weighted by Crippen LogP contribution is 2.21. The van der Waals surface area contributed by atoms with E-state index in [1.807, 2.05) is 18.2 Å². The number of aromatic nitrogens is 1. The average Bonchev–Trinajstić information content (AvgIpc) is 2.40. The number of hydrogen-bond donors (Lipinski definition) is 0. The molecule has 1 aromatic heterocycles. The van der Waals surface area contributed by atoms with Crippen molar-refractivity contribution < 1.29 is 4.84 Å². The van der Waals surface area contributed by atoms with E-state index in [1.165, 1.54) is 0 Å². The smallest absolute Gasteiger partial charge is 0.242 e. The Morgan fingerprint density at radius 2 is 1.65 bits per heavy atom. The monoisotopic (exact) mass is 269 g/mol. The second-order valence-corrected chi connectivity index (χ2v) is 3.69. The normalized spacial score (nSPS) is 10.3. The molecule has 1 aromatic carbocycles. The predicted octanol–water partition coefficient (Wildman–Crippen LogP) is 3.41. The Balaban J connectivity index is 2.03. The van der Waals surface area contributed by atoms with E-state index in [0.717, 1.165) is 9.22 Å². The molecule has 0 saturated carbocycles. The minimum atomic E-state index is 0.351. The van der Waals surface area contributed by atoms with Gasteiger partial charge in [-0.1, -0.05) is 24.3 Å². The second-order valence-electron chi connectivity index (χ2n) is 3.08. The summed E-state index contributed by atoms with van der Waals surface area (Å²) in [6.07, 6.45) is 1.60. The van der Waals surface area contributed by atoms with Crippen LogP contribution in [0.5, 0.6) is 5.88 Å². The Morgan fingerprint density at radius 1 is 0.941 bits per heavy atom. The Labute approximate surface area is 109 Å². The van der Waals surface area contributed by atoms with Gasteiger partial charge in [0.15, 0.2) is 0 Å². The molecule has 88 valence electrons. The second kappa shape index (κ2) is 5.72. The molecule has 0 radical (unpaired) electrons. The van der Waals surface area contributed by atoms with Crippen molar-refractivity contribution in [2.45, 2.75) is 0 Å². The molecule has 0 aliphatic heterocycles. The SMILES string of the molecule is ClN(Oc1ccccn1)N(Cl)c1ccccc1. The van der Waals surface area contributed by atoms with Crippen LogP contribution >= 0.6 is 23.6 Å². The van der Waals surface area contributed by atoms with E-state index in [2.05, 4.69) is 4.98 Å². The molecule has 4 nitrogen and oxygen atoms in total. The lowest BCUT2D eigenvalue weighted by molar-refractivity contribution is 0.0405. The van der Waals surface area contributed by atoms with Crippen molar-refractivity contribution in [2.24, 2.45) is 0 Å². The quantitative estimate of drug-likeness (QED) is 0.628. The predicted molar refractivity (Wildman–Crippen MR) is 67.3 cm³/mol. The Hall–Kier alpha value is -1.49. The number of benzene rings is 1. The van der Waals surface area contributed by atoms with Crippen molar-refractivity contribution in [3.63, 3.8) is 0 Å². The number of nitrogens with zero attached hydrogens (tertiary/aromatic N) is 3. The maximum atomic E-state index is 5.98. The van der Waals surface area contributed by atoms with Crippen LogP contribution < -0.4 is 9.37 Å². The molecule has 0 atom stereocenters. The van der Waals surface area contributed by atoms with Gasteiger partial charge in [-0.25, -0.2) is 4.98 Å². The molecule has 2 aromatic rings. The van der Waals surface area contributed by atoms with Crippen molar-refractivity contribution in [1.82, 2.24) is 9.68 Å². The summed E-state index contributed by atoms with van der Waals surface area (Å²) in [5.41, 5.74) is 0.681. The zero-order chi connectivity index (χ0) is 12.1. The summed E-state index contributed by atoms with van der Waals surface area (Å²) in [4.78, 5) is 9.17. The summed E-state index contributed by atoms with van der Waals surface area (Å²) in [6.45, 7) is 0. The molecule has 0 aliphatic carbocycles. The van der Waals surface area contributed by atoms with E-state index in [4.69, 9.17) is 28.4 Å². The van der Waals surface area contributed by atoms with Gasteiger partial charge in [0.2, 0.25) is 5.88 Å². The number of para-hydroxylation sites is 1. The minimum Gasteiger partial charge on any atom is -0.349 e. The van der Waals surface area contributed by atoms with Gasteiger partial charge in [0.05, 0.1) is 10.4 Å². The van der Waals surface area contributed by atoms with Crippen LogP contribution in [0.2, 0.25) is 0 Å². The van der Waals surface area contributed by atoms with E-state index >= 15 is 0 Å². The largest absolute Gasteiger partial charge is 0.349 e. The van der Waals surface area contributed by atoms with E-state index in [9.17, 15) is 0 Å². The van der Waals surface area contributed by atoms with E-state index in [-0.39, 0.29) is 0 Å². The lowest BCUT2D eigenvalue weighted by Crippen LogP contribution is -2.30. The van der Waals surface area contributed by atoms with Crippen molar-refractivity contribution in [3.05, 3.63) is 54.7 Å². The van der Waals surface area contributed by atoms with Crippen LogP contribution in [0.15, 0.2) is 54.7 Å². The standard InChI is InChI=1S/C11H9Cl2N3O/c12-15(10-6-2-1-3-7-10)16(13)17-11-8-4-5-9-14-11/h1-9H. The molecule has 0 amide bonds. The highest BCUT2D eigenvalue weighted by Gasteiger charge is 2.14. The zero-order valence-corrected chi connectivity index (χ0v) is 10.2. The van der Waals surface area contributed by atoms with Crippen molar-refractivity contribution in [3.8, 4) is 5.88 Å². The van der Waals surface area contributed by atoms with Crippen molar-refractivity contribution in [1.29, 1.82) is 0 Å². The molecule has 0 saturated heterocycles. The molecule has 2 rings (SSSR count). The van der Waals surface area contributed by atoms with Crippen LogP contribution in [-0.2, 0) is 0 Å². The van der Waals surface area contributed by atoms with Crippen LogP contribution in [0.1, 0.15) is 0 Å². The molecule has 0 spiro atoms. The molecular formula is C11H9Cl2N3O. The van der Waals surface area contributed by atoms with Crippen LogP contribution in [0.4, 0.5) is 5.69 Å². The van der Waals surface area contributed by atoms with Gasteiger partial charge in [0, 0.05) is 35.8 Å². The van der Waals surface area contributed by atoms with Gasteiger partial charge in [0.25, 0.3) is 0 Å². The van der Waals surface area contributed by atoms with Crippen LogP contribution in [-0.4, -0.2) is 9.68 Å². The van der Waals surface area contributed by atoms with Crippen molar-refractivity contribution >= 4 is 29.2 Å². The maximum absolute atomic E-state index is 5.98. The lowest BCUT2D eigenvalue weighted by atomic mass is 10.3.